The number of likely N-dealkylation sites (tertiary alicyclic amines) is 1. The first-order chi connectivity index (χ1) is 7.74. The molecule has 1 fully saturated rings. The van der Waals surface area contributed by atoms with Gasteiger partial charge in [0.15, 0.2) is 0 Å². The molecule has 16 heavy (non-hydrogen) atoms. The van der Waals surface area contributed by atoms with Gasteiger partial charge in [-0.2, -0.15) is 0 Å². The summed E-state index contributed by atoms with van der Waals surface area (Å²) in [6.07, 6.45) is 3.86. The average molecular weight is 227 g/mol. The molecule has 92 valence electrons. The molecule has 0 radical (unpaired) electrons. The van der Waals surface area contributed by atoms with Crippen molar-refractivity contribution < 1.29 is 9.59 Å². The molecule has 0 saturated carbocycles. The summed E-state index contributed by atoms with van der Waals surface area (Å²) in [4.78, 5) is 24.7. The van der Waals surface area contributed by atoms with E-state index in [2.05, 4.69) is 10.6 Å². The largest absolute Gasteiger partial charge is 0.354 e. The number of nitrogens with zero attached hydrogens (tertiary/aromatic N) is 1. The van der Waals surface area contributed by atoms with Gasteiger partial charge in [-0.1, -0.05) is 0 Å². The van der Waals surface area contributed by atoms with Crippen molar-refractivity contribution in [3.8, 4) is 0 Å². The summed E-state index contributed by atoms with van der Waals surface area (Å²) in [6.45, 7) is 2.50. The van der Waals surface area contributed by atoms with Gasteiger partial charge in [0, 0.05) is 26.1 Å². The van der Waals surface area contributed by atoms with Gasteiger partial charge in [0.2, 0.25) is 11.8 Å². The number of hydrogen-bond acceptors (Lipinski definition) is 3. The average Bonchev–Trinajstić information content (AvgIpc) is 2.30. The van der Waals surface area contributed by atoms with Gasteiger partial charge in [-0.15, -0.1) is 0 Å². The fourth-order valence-electron chi connectivity index (χ4n) is 1.83. The summed E-state index contributed by atoms with van der Waals surface area (Å²) in [5.41, 5.74) is 0. The highest BCUT2D eigenvalue weighted by atomic mass is 16.2. The lowest BCUT2D eigenvalue weighted by Crippen LogP contribution is -2.39. The number of carbonyl (C=O) groups is 2. The fourth-order valence-corrected chi connectivity index (χ4v) is 1.83. The van der Waals surface area contributed by atoms with Gasteiger partial charge in [-0.3, -0.25) is 9.59 Å². The van der Waals surface area contributed by atoms with Crippen LogP contribution in [0.1, 0.15) is 25.7 Å². The SMILES string of the molecule is CNCC(=O)NCCC(=O)N1CCCCC1. The molecule has 5 nitrogen and oxygen atoms in total. The van der Waals surface area contributed by atoms with Crippen LogP contribution < -0.4 is 10.6 Å². The van der Waals surface area contributed by atoms with E-state index in [1.807, 2.05) is 4.90 Å². The van der Waals surface area contributed by atoms with Crippen LogP contribution >= 0.6 is 0 Å². The Kier molecular flexibility index (Phi) is 5.85. The monoisotopic (exact) mass is 227 g/mol. The smallest absolute Gasteiger partial charge is 0.233 e. The van der Waals surface area contributed by atoms with Gasteiger partial charge in [0.25, 0.3) is 0 Å². The van der Waals surface area contributed by atoms with Crippen LogP contribution in [-0.4, -0.2) is 49.9 Å². The maximum absolute atomic E-state index is 11.7. The Bertz CT molecular complexity index is 237. The highest BCUT2D eigenvalue weighted by Gasteiger charge is 2.15. The maximum atomic E-state index is 11.7. The predicted molar refractivity (Wildman–Crippen MR) is 62.0 cm³/mol. The van der Waals surface area contributed by atoms with E-state index >= 15 is 0 Å². The highest BCUT2D eigenvalue weighted by molar-refractivity contribution is 5.80. The summed E-state index contributed by atoms with van der Waals surface area (Å²) < 4.78 is 0. The molecule has 0 aromatic rings. The van der Waals surface area contributed by atoms with Crippen LogP contribution in [0.15, 0.2) is 0 Å². The van der Waals surface area contributed by atoms with E-state index in [0.717, 1.165) is 25.9 Å². The minimum Gasteiger partial charge on any atom is -0.354 e. The quantitative estimate of drug-likeness (QED) is 0.679. The molecule has 0 aliphatic carbocycles. The Hall–Kier alpha value is -1.10. The second kappa shape index (κ2) is 7.22. The molecule has 1 rings (SSSR count). The van der Waals surface area contributed by atoms with E-state index in [9.17, 15) is 9.59 Å². The van der Waals surface area contributed by atoms with E-state index in [4.69, 9.17) is 0 Å². The highest BCUT2D eigenvalue weighted by Crippen LogP contribution is 2.09. The second-order valence-electron chi connectivity index (χ2n) is 4.07. The van der Waals surface area contributed by atoms with Crippen LogP contribution in [0.4, 0.5) is 0 Å². The Morgan fingerprint density at radius 2 is 1.88 bits per heavy atom. The van der Waals surface area contributed by atoms with Crippen LogP contribution in [0.2, 0.25) is 0 Å². The maximum Gasteiger partial charge on any atom is 0.233 e. The van der Waals surface area contributed by atoms with Gasteiger partial charge >= 0.3 is 0 Å². The van der Waals surface area contributed by atoms with Gasteiger partial charge in [0.05, 0.1) is 6.54 Å². The molecule has 1 aliphatic rings. The molecule has 2 N–H and O–H groups in total. The Balaban J connectivity index is 2.12. The molecule has 1 saturated heterocycles. The van der Waals surface area contributed by atoms with E-state index in [1.54, 1.807) is 7.05 Å². The van der Waals surface area contributed by atoms with Crippen LogP contribution in [0.25, 0.3) is 0 Å². The van der Waals surface area contributed by atoms with Gasteiger partial charge in [0.1, 0.15) is 0 Å². The van der Waals surface area contributed by atoms with E-state index in [0.29, 0.717) is 19.5 Å². The van der Waals surface area contributed by atoms with Crippen molar-refractivity contribution in [2.24, 2.45) is 0 Å². The number of amides is 2. The zero-order chi connectivity index (χ0) is 11.8. The normalized spacial score (nSPS) is 15.9. The summed E-state index contributed by atoms with van der Waals surface area (Å²) in [5, 5.41) is 5.47. The first-order valence-corrected chi connectivity index (χ1v) is 5.93. The molecule has 0 atom stereocenters. The van der Waals surface area contributed by atoms with Crippen LogP contribution in [0.3, 0.4) is 0 Å². The molecule has 5 heteroatoms. The Morgan fingerprint density at radius 1 is 1.19 bits per heavy atom. The van der Waals surface area contributed by atoms with Gasteiger partial charge in [-0.05, 0) is 26.3 Å². The lowest BCUT2D eigenvalue weighted by molar-refractivity contribution is -0.132. The van der Waals surface area contributed by atoms with Crippen molar-refractivity contribution in [2.75, 3.05) is 33.2 Å². The third-order valence-electron chi connectivity index (χ3n) is 2.71. The second-order valence-corrected chi connectivity index (χ2v) is 4.07. The molecular weight excluding hydrogens is 206 g/mol. The van der Waals surface area contributed by atoms with Crippen molar-refractivity contribution in [3.63, 3.8) is 0 Å². The lowest BCUT2D eigenvalue weighted by Gasteiger charge is -2.26. The number of nitrogens with one attached hydrogen (secondary N) is 2. The summed E-state index contributed by atoms with van der Waals surface area (Å²) in [5.74, 6) is 0.0957. The molecule has 0 bridgehead atoms. The number of piperidine rings is 1. The Morgan fingerprint density at radius 3 is 2.50 bits per heavy atom. The van der Waals surface area contributed by atoms with E-state index in [-0.39, 0.29) is 11.8 Å². The molecule has 1 heterocycles. The molecule has 0 aromatic heterocycles. The van der Waals surface area contributed by atoms with Gasteiger partial charge < -0.3 is 15.5 Å². The molecule has 0 spiro atoms. The summed E-state index contributed by atoms with van der Waals surface area (Å²) >= 11 is 0. The van der Waals surface area contributed by atoms with Crippen molar-refractivity contribution in [2.45, 2.75) is 25.7 Å². The number of carbonyl (C=O) groups excluding carboxylic acids is 2. The van der Waals surface area contributed by atoms with Crippen molar-refractivity contribution in [1.82, 2.24) is 15.5 Å². The minimum absolute atomic E-state index is 0.0612. The first kappa shape index (κ1) is 13.0. The molecule has 0 aromatic carbocycles. The molecule has 0 unspecified atom stereocenters. The summed E-state index contributed by atoms with van der Waals surface area (Å²) in [7, 11) is 1.72. The molecular formula is C11H21N3O2. The van der Waals surface area contributed by atoms with Crippen molar-refractivity contribution in [1.29, 1.82) is 0 Å². The number of hydrogen-bond donors (Lipinski definition) is 2. The van der Waals surface area contributed by atoms with E-state index < -0.39 is 0 Å². The topological polar surface area (TPSA) is 61.4 Å². The summed E-state index contributed by atoms with van der Waals surface area (Å²) in [6, 6.07) is 0. The third-order valence-corrected chi connectivity index (χ3v) is 2.71. The third kappa shape index (κ3) is 4.61. The molecule has 2 amide bonds. The van der Waals surface area contributed by atoms with Crippen LogP contribution in [0.5, 0.6) is 0 Å². The fraction of sp³-hybridized carbons (Fsp3) is 0.818. The zero-order valence-corrected chi connectivity index (χ0v) is 9.92. The van der Waals surface area contributed by atoms with Crippen molar-refractivity contribution in [3.05, 3.63) is 0 Å². The van der Waals surface area contributed by atoms with E-state index in [1.165, 1.54) is 6.42 Å². The molecule has 1 aliphatic heterocycles. The minimum atomic E-state index is -0.0612. The number of rotatable bonds is 5. The van der Waals surface area contributed by atoms with Crippen LogP contribution in [-0.2, 0) is 9.59 Å². The first-order valence-electron chi connectivity index (χ1n) is 5.93. The number of likely N-dealkylation sites (N-methyl/N-ethyl adjacent to an activating group) is 1. The standard InChI is InChI=1S/C11H21N3O2/c1-12-9-10(15)13-6-5-11(16)14-7-3-2-4-8-14/h12H,2-9H2,1H3,(H,13,15). The van der Waals surface area contributed by atoms with Gasteiger partial charge in [-0.25, -0.2) is 0 Å². The van der Waals surface area contributed by atoms with Crippen LogP contribution in [0, 0.1) is 0 Å². The lowest BCUT2D eigenvalue weighted by atomic mass is 10.1. The predicted octanol–water partition coefficient (Wildman–Crippen LogP) is -0.275. The van der Waals surface area contributed by atoms with Crippen molar-refractivity contribution >= 4 is 11.8 Å². The zero-order valence-electron chi connectivity index (χ0n) is 9.92. The Labute approximate surface area is 96.6 Å².